The molecule has 1 aliphatic heterocycles. The first kappa shape index (κ1) is 58.3. The van der Waals surface area contributed by atoms with E-state index in [9.17, 15) is 0 Å². The lowest BCUT2D eigenvalue weighted by atomic mass is 9.88. The van der Waals surface area contributed by atoms with Crippen LogP contribution in [0.25, 0.3) is 20.9 Å². The Labute approximate surface area is 482 Å². The molecule has 1 saturated heterocycles. The molecule has 12 heteroatoms. The lowest BCUT2D eigenvalue weighted by Gasteiger charge is -2.32. The minimum atomic E-state index is -0.243. The number of anilines is 8. The Bertz CT molecular complexity index is 3010. The third-order valence-electron chi connectivity index (χ3n) is 12.9. The fourth-order valence-electron chi connectivity index (χ4n) is 8.33. The molecule has 4 N–H and O–H groups in total. The van der Waals surface area contributed by atoms with Gasteiger partial charge in [-0.25, -0.2) is 0 Å². The number of thiophene rings is 3. The second kappa shape index (κ2) is 27.7. The van der Waals surface area contributed by atoms with Crippen molar-refractivity contribution < 1.29 is 9.31 Å². The van der Waals surface area contributed by atoms with E-state index in [1.165, 1.54) is 46.7 Å². The number of benzene rings is 6. The number of nitrogens with one attached hydrogen (secondary N) is 4. The average Bonchev–Trinajstić information content (AvgIpc) is 4.23. The summed E-state index contributed by atoms with van der Waals surface area (Å²) in [6.45, 7) is 15.1. The Morgan fingerprint density at radius 2 is 0.724 bits per heavy atom. The normalized spacial score (nSPS) is 13.1. The summed E-state index contributed by atoms with van der Waals surface area (Å²) in [5, 5.41) is 14.3. The Kier molecular flexibility index (Phi) is 21.3. The van der Waals surface area contributed by atoms with E-state index in [4.69, 9.17) is 9.31 Å². The van der Waals surface area contributed by atoms with E-state index >= 15 is 0 Å². The van der Waals surface area contributed by atoms with Crippen LogP contribution in [-0.4, -0.2) is 18.3 Å². The highest BCUT2D eigenvalue weighted by Crippen LogP contribution is 2.45. The minimum absolute atomic E-state index is 0. The predicted octanol–water partition coefficient (Wildman–Crippen LogP) is 20.9. The van der Waals surface area contributed by atoms with Crippen LogP contribution in [0.3, 0.4) is 0 Å². The second-order valence-electron chi connectivity index (χ2n) is 19.4. The largest absolute Gasteiger partial charge is 0.505 e. The molecule has 394 valence electrons. The van der Waals surface area contributed by atoms with Gasteiger partial charge in [0.25, 0.3) is 0 Å². The van der Waals surface area contributed by atoms with Crippen LogP contribution < -0.4 is 26.0 Å². The zero-order valence-electron chi connectivity index (χ0n) is 43.9. The maximum atomic E-state index is 6.03. The lowest BCUT2D eigenvalue weighted by molar-refractivity contribution is 0.00578. The molecule has 0 bridgehead atoms. The molecule has 9 aromatic rings. The molecule has 0 amide bonds. The fraction of sp³-hybridized carbons (Fsp3) is 0.250. The van der Waals surface area contributed by atoms with Gasteiger partial charge in [0.1, 0.15) is 0 Å². The highest BCUT2D eigenvalue weighted by Gasteiger charge is 2.52. The minimum Gasteiger partial charge on any atom is -0.399 e. The molecule has 0 saturated carbocycles. The molecule has 10 rings (SSSR count). The van der Waals surface area contributed by atoms with Crippen LogP contribution in [0.4, 0.5) is 45.5 Å². The highest BCUT2D eigenvalue weighted by atomic mass is 79.9. The summed E-state index contributed by atoms with van der Waals surface area (Å²) in [6, 6.07) is 63.3. The van der Waals surface area contributed by atoms with Gasteiger partial charge in [0.15, 0.2) is 0 Å². The molecule has 1 aliphatic rings. The van der Waals surface area contributed by atoms with Crippen molar-refractivity contribution in [2.75, 3.05) is 21.3 Å². The third kappa shape index (κ3) is 15.6. The summed E-state index contributed by atoms with van der Waals surface area (Å²) in [5.74, 6) is 0. The van der Waals surface area contributed by atoms with Crippen molar-refractivity contribution >= 4 is 123 Å². The zero-order valence-corrected chi connectivity index (χ0v) is 49.6. The van der Waals surface area contributed by atoms with Crippen molar-refractivity contribution in [3.05, 3.63) is 206 Å². The van der Waals surface area contributed by atoms with Crippen LogP contribution in [0.1, 0.15) is 89.8 Å². The number of para-hydroxylation sites is 4. The molecule has 3 aromatic heterocycles. The molecule has 0 radical (unpaired) electrons. The highest BCUT2D eigenvalue weighted by molar-refractivity contribution is 9.11. The quantitative estimate of drug-likeness (QED) is 0.0682. The zero-order chi connectivity index (χ0) is 52.8. The molecular weight excluding hydrogens is 1120 g/mol. The monoisotopic (exact) mass is 1190 g/mol. The molecule has 0 spiro atoms. The first-order valence-electron chi connectivity index (χ1n) is 25.9. The molecule has 0 atom stereocenters. The Morgan fingerprint density at radius 3 is 1.07 bits per heavy atom. The van der Waals surface area contributed by atoms with Crippen molar-refractivity contribution in [1.29, 1.82) is 0 Å². The Hall–Kier alpha value is -5.44. The van der Waals surface area contributed by atoms with Crippen molar-refractivity contribution in [3.8, 4) is 20.9 Å². The molecule has 0 aliphatic carbocycles. The summed E-state index contributed by atoms with van der Waals surface area (Å²) < 4.78 is 15.2. The summed E-state index contributed by atoms with van der Waals surface area (Å²) >= 11 is 12.9. The van der Waals surface area contributed by atoms with Crippen molar-refractivity contribution in [2.45, 2.75) is 106 Å². The van der Waals surface area contributed by atoms with E-state index in [0.29, 0.717) is 0 Å². The molecule has 76 heavy (non-hydrogen) atoms. The predicted molar refractivity (Wildman–Crippen MR) is 343 cm³/mol. The number of rotatable bonds is 17. The van der Waals surface area contributed by atoms with Gasteiger partial charge in [-0.05, 0) is 182 Å². The van der Waals surface area contributed by atoms with Crippen LogP contribution in [0.15, 0.2) is 191 Å². The van der Waals surface area contributed by atoms with E-state index in [1.54, 1.807) is 11.3 Å². The summed E-state index contributed by atoms with van der Waals surface area (Å²) in [4.78, 5) is 6.86. The number of hydrogen-bond acceptors (Lipinski definition) is 9. The van der Waals surface area contributed by atoms with E-state index in [2.05, 4.69) is 223 Å². The molecule has 4 heterocycles. The lowest BCUT2D eigenvalue weighted by Crippen LogP contribution is -2.41. The van der Waals surface area contributed by atoms with Crippen molar-refractivity contribution in [2.24, 2.45) is 0 Å². The Balaban J connectivity index is 0.000000179. The first-order valence-corrected chi connectivity index (χ1v) is 29.9. The number of aryl methyl sites for hydroxylation is 3. The van der Waals surface area contributed by atoms with Gasteiger partial charge in [-0.1, -0.05) is 126 Å². The SMILES string of the molecule is Brc1cc(Nc2ccccc2)c(Br)cc1Nc1ccccc1.C.CCCc1ccc(-c2cc(Nc3ccccc3)c(-c3ccc(CCC)s3)cc2Nc2ccccc2)s1.CCCc1ccc(B2OC(C)(C)C(C)(C)O2)s1. The van der Waals surface area contributed by atoms with E-state index in [-0.39, 0.29) is 25.7 Å². The van der Waals surface area contributed by atoms with Gasteiger partial charge in [-0.15, -0.1) is 34.0 Å². The van der Waals surface area contributed by atoms with Gasteiger partial charge in [0, 0.05) is 83.4 Å². The summed E-state index contributed by atoms with van der Waals surface area (Å²) in [6.07, 6.45) is 6.89. The van der Waals surface area contributed by atoms with Gasteiger partial charge in [-0.3, -0.25) is 0 Å². The van der Waals surface area contributed by atoms with Gasteiger partial charge in [-0.2, -0.15) is 0 Å². The first-order chi connectivity index (χ1) is 36.3. The average molecular weight is 1200 g/mol. The smallest absolute Gasteiger partial charge is 0.399 e. The molecule has 0 unspecified atom stereocenters. The summed E-state index contributed by atoms with van der Waals surface area (Å²) in [5.41, 5.74) is 10.5. The fourth-order valence-corrected chi connectivity index (χ4v) is 12.6. The Morgan fingerprint density at radius 1 is 0.408 bits per heavy atom. The molecule has 6 nitrogen and oxygen atoms in total. The van der Waals surface area contributed by atoms with E-state index < -0.39 is 0 Å². The van der Waals surface area contributed by atoms with Gasteiger partial charge in [0.2, 0.25) is 0 Å². The molecule has 1 fully saturated rings. The van der Waals surface area contributed by atoms with E-state index in [0.717, 1.165) is 86.5 Å². The van der Waals surface area contributed by atoms with Crippen LogP contribution in [0, 0.1) is 0 Å². The second-order valence-corrected chi connectivity index (χ2v) is 24.6. The van der Waals surface area contributed by atoms with Gasteiger partial charge >= 0.3 is 7.12 Å². The summed E-state index contributed by atoms with van der Waals surface area (Å²) in [7, 11) is -0.199. The standard InChI is InChI=1S/C32H32N2S2.C18H14Br2N2.C13H21BO2S.CH4/c1-3-11-25-17-19-31(35-25)27-21-30(34-24-15-9-6-10-16-24)28(32-20-18-26(36-32)12-4-2)22-29(27)33-23-13-7-5-8-14-23;19-15-12-18(22-14-9-5-2-6-10-14)16(20)11-17(15)21-13-7-3-1-4-8-13;1-6-7-10-8-9-11(17-10)14-15-12(2,3)13(4,5)16-14;/h5-10,13-22,33-34H,3-4,11-12H2,1-2H3;1-12,21-22H;8-9H,6-7H2,1-5H3;1H4. The van der Waals surface area contributed by atoms with Gasteiger partial charge < -0.3 is 30.6 Å². The molecular formula is C64H71BBr2N4O2S3. The van der Waals surface area contributed by atoms with Crippen LogP contribution in [-0.2, 0) is 28.6 Å². The molecule has 6 aromatic carbocycles. The van der Waals surface area contributed by atoms with Crippen LogP contribution >= 0.6 is 65.9 Å². The van der Waals surface area contributed by atoms with Crippen LogP contribution in [0.2, 0.25) is 0 Å². The van der Waals surface area contributed by atoms with Crippen LogP contribution in [0.5, 0.6) is 0 Å². The van der Waals surface area contributed by atoms with E-state index in [1.807, 2.05) is 83.3 Å². The third-order valence-corrected chi connectivity index (χ3v) is 17.8. The topological polar surface area (TPSA) is 66.6 Å². The van der Waals surface area contributed by atoms with Gasteiger partial charge in [0.05, 0.1) is 22.6 Å². The number of hydrogen-bond donors (Lipinski definition) is 4. The number of halogens is 2. The van der Waals surface area contributed by atoms with Crippen molar-refractivity contribution in [1.82, 2.24) is 0 Å². The maximum Gasteiger partial charge on any atom is 0.505 e. The maximum absolute atomic E-state index is 6.03. The van der Waals surface area contributed by atoms with Crippen molar-refractivity contribution in [3.63, 3.8) is 0 Å².